The Bertz CT molecular complexity index is 971. The molecule has 43 heavy (non-hydrogen) atoms. The number of benzene rings is 2. The molecule has 2 atom stereocenters. The number of carbonyl (C=O) groups is 3. The van der Waals surface area contributed by atoms with Crippen molar-refractivity contribution in [3.63, 3.8) is 0 Å². The van der Waals surface area contributed by atoms with E-state index in [0.29, 0.717) is 25.1 Å². The lowest BCUT2D eigenvalue weighted by Crippen LogP contribution is -2.50. The molecule has 0 aromatic heterocycles. The van der Waals surface area contributed by atoms with Gasteiger partial charge in [-0.3, -0.25) is 9.59 Å². The average Bonchev–Trinajstić information content (AvgIpc) is 3.35. The lowest BCUT2D eigenvalue weighted by Gasteiger charge is -2.27. The number of aryl methyl sites for hydroxylation is 2. The molecule has 7 nitrogen and oxygen atoms in total. The molecule has 0 radical (unpaired) electrons. The molecule has 1 heterocycles. The van der Waals surface area contributed by atoms with E-state index in [1.807, 2.05) is 18.2 Å². The van der Waals surface area contributed by atoms with Gasteiger partial charge in [0.1, 0.15) is 24.0 Å². The highest BCUT2D eigenvalue weighted by Gasteiger charge is 2.37. The highest BCUT2D eigenvalue weighted by atomic mass is 19.1. The second-order valence-electron chi connectivity index (χ2n) is 10.3. The van der Waals surface area contributed by atoms with Gasteiger partial charge in [-0.15, -0.1) is 0 Å². The summed E-state index contributed by atoms with van der Waals surface area (Å²) in [5.74, 6) is -1.04. The topological polar surface area (TPSA) is 90.5 Å². The van der Waals surface area contributed by atoms with Crippen molar-refractivity contribution in [2.75, 3.05) is 33.2 Å². The van der Waals surface area contributed by atoms with Crippen LogP contribution in [0.15, 0.2) is 48.5 Å². The quantitative estimate of drug-likeness (QED) is 0.205. The van der Waals surface area contributed by atoms with Gasteiger partial charge in [0.2, 0.25) is 11.8 Å². The van der Waals surface area contributed by atoms with Gasteiger partial charge in [0.25, 0.3) is 0 Å². The summed E-state index contributed by atoms with van der Waals surface area (Å²) in [5, 5.41) is 9.42. The predicted octanol–water partition coefficient (Wildman–Crippen LogP) is 5.60. The minimum atomic E-state index is -0.521. The van der Waals surface area contributed by atoms with Gasteiger partial charge in [-0.05, 0) is 89.3 Å². The van der Waals surface area contributed by atoms with Gasteiger partial charge in [0.15, 0.2) is 0 Å². The number of carbonyl (C=O) groups excluding carboxylic acids is 3. The summed E-state index contributed by atoms with van der Waals surface area (Å²) in [6.45, 7) is 12.8. The Hall–Kier alpha value is -3.17. The first-order chi connectivity index (χ1) is 20.7. The summed E-state index contributed by atoms with van der Waals surface area (Å²) >= 11 is 0. The van der Waals surface area contributed by atoms with Crippen molar-refractivity contribution in [1.82, 2.24) is 20.9 Å². The Kier molecular flexibility index (Phi) is 23.5. The molecule has 0 bridgehead atoms. The number of unbranched alkanes of at least 4 members (excludes halogenated alkanes) is 1. The van der Waals surface area contributed by atoms with E-state index in [0.717, 1.165) is 51.1 Å². The standard InChI is InChI=1S/C21H34N4O2.C7H6F2.C4H10.C2H4O/c1-3-13-23-14-7-15-24-20(26)19(11-10-17-8-5-4-6-9-17)25-16-12-18(22-2)21(25)27;1-5-2-6(8)4-7(9)3-5;1-3-4-2;1-2-3/h4-6,8-9,18-19,22-23H,3,7,10-16H2,1-2H3,(H,24,26);2-4H,1H3;3-4H2,1-2H3;2H,1H3. The largest absolute Gasteiger partial charge is 0.354 e. The SMILES string of the molecule is CC=O.CCCC.CCCNCCCNC(=O)C(CCc1ccccc1)N1CCC(NC)C1=O.Cc1cc(F)cc(F)c1. The molecule has 242 valence electrons. The smallest absolute Gasteiger partial charge is 0.242 e. The van der Waals surface area contributed by atoms with Gasteiger partial charge in [0, 0.05) is 19.2 Å². The fourth-order valence-corrected chi connectivity index (χ4v) is 4.19. The van der Waals surface area contributed by atoms with Crippen molar-refractivity contribution in [3.05, 3.63) is 71.3 Å². The van der Waals surface area contributed by atoms with Gasteiger partial charge in [-0.2, -0.15) is 0 Å². The molecular weight excluding hydrogens is 550 g/mol. The normalized spacial score (nSPS) is 14.3. The molecule has 2 aromatic carbocycles. The highest BCUT2D eigenvalue weighted by molar-refractivity contribution is 5.91. The number of likely N-dealkylation sites (N-methyl/N-ethyl adjacent to an activating group) is 1. The molecule has 9 heteroatoms. The Morgan fingerprint density at radius 2 is 1.60 bits per heavy atom. The van der Waals surface area contributed by atoms with Crippen LogP contribution in [0.4, 0.5) is 8.78 Å². The summed E-state index contributed by atoms with van der Waals surface area (Å²) in [6.07, 6.45) is 7.57. The third-order valence-corrected chi connectivity index (χ3v) is 6.58. The number of halogens is 2. The third-order valence-electron chi connectivity index (χ3n) is 6.58. The van der Waals surface area contributed by atoms with Crippen molar-refractivity contribution < 1.29 is 23.2 Å². The molecule has 2 aromatic rings. The summed E-state index contributed by atoms with van der Waals surface area (Å²) in [4.78, 5) is 36.0. The first kappa shape index (κ1) is 39.8. The molecule has 1 aliphatic heterocycles. The van der Waals surface area contributed by atoms with Gasteiger partial charge in [0.05, 0.1) is 6.04 Å². The maximum atomic E-state index is 12.8. The molecule has 3 rings (SSSR count). The highest BCUT2D eigenvalue weighted by Crippen LogP contribution is 2.19. The Balaban J connectivity index is 0.000000899. The molecular formula is C34H54F2N4O3. The summed E-state index contributed by atoms with van der Waals surface area (Å²) in [6, 6.07) is 13.0. The first-order valence-electron chi connectivity index (χ1n) is 15.5. The van der Waals surface area contributed by atoms with Crippen LogP contribution in [0.1, 0.15) is 77.3 Å². The Labute approximate surface area is 258 Å². The molecule has 0 aliphatic carbocycles. The van der Waals surface area contributed by atoms with Crippen LogP contribution >= 0.6 is 0 Å². The van der Waals surface area contributed by atoms with Crippen LogP contribution in [-0.2, 0) is 20.8 Å². The number of aldehydes is 1. The summed E-state index contributed by atoms with van der Waals surface area (Å²) in [5.41, 5.74) is 1.79. The number of nitrogens with one attached hydrogen (secondary N) is 3. The molecule has 0 saturated carbocycles. The van der Waals surface area contributed by atoms with Crippen LogP contribution in [0.25, 0.3) is 0 Å². The molecule has 1 fully saturated rings. The molecule has 2 unspecified atom stereocenters. The van der Waals surface area contributed by atoms with Crippen LogP contribution < -0.4 is 16.0 Å². The van der Waals surface area contributed by atoms with Crippen LogP contribution in [0, 0.1) is 18.6 Å². The van der Waals surface area contributed by atoms with Crippen LogP contribution in [0.3, 0.4) is 0 Å². The van der Waals surface area contributed by atoms with E-state index in [1.54, 1.807) is 18.9 Å². The Morgan fingerprint density at radius 1 is 1.00 bits per heavy atom. The number of hydrogen-bond donors (Lipinski definition) is 3. The summed E-state index contributed by atoms with van der Waals surface area (Å²) in [7, 11) is 1.80. The van der Waals surface area contributed by atoms with Crippen molar-refractivity contribution in [1.29, 1.82) is 0 Å². The fraction of sp³-hybridized carbons (Fsp3) is 0.559. The van der Waals surface area contributed by atoms with Gasteiger partial charge in [-0.1, -0.05) is 63.9 Å². The van der Waals surface area contributed by atoms with E-state index in [9.17, 15) is 18.4 Å². The number of amides is 2. The maximum absolute atomic E-state index is 12.8. The van der Waals surface area contributed by atoms with Crippen LogP contribution in [0.2, 0.25) is 0 Å². The Morgan fingerprint density at radius 3 is 2.09 bits per heavy atom. The fourth-order valence-electron chi connectivity index (χ4n) is 4.19. The van der Waals surface area contributed by atoms with Gasteiger partial charge >= 0.3 is 0 Å². The minimum Gasteiger partial charge on any atom is -0.354 e. The molecule has 2 amide bonds. The predicted molar refractivity (Wildman–Crippen MR) is 172 cm³/mol. The molecule has 3 N–H and O–H groups in total. The zero-order chi connectivity index (χ0) is 32.5. The second-order valence-corrected chi connectivity index (χ2v) is 10.3. The third kappa shape index (κ3) is 18.2. The van der Waals surface area contributed by atoms with Gasteiger partial charge < -0.3 is 25.6 Å². The zero-order valence-electron chi connectivity index (χ0n) is 27.1. The number of likely N-dealkylation sites (tertiary alicyclic amines) is 1. The van der Waals surface area contributed by atoms with Crippen molar-refractivity contribution in [2.24, 2.45) is 0 Å². The minimum absolute atomic E-state index is 0.0356. The first-order valence-corrected chi connectivity index (χ1v) is 15.5. The van der Waals surface area contributed by atoms with E-state index < -0.39 is 17.7 Å². The number of nitrogens with zero attached hydrogens (tertiary/aromatic N) is 1. The average molecular weight is 605 g/mol. The maximum Gasteiger partial charge on any atom is 0.242 e. The van der Waals surface area contributed by atoms with Crippen LogP contribution in [0.5, 0.6) is 0 Å². The monoisotopic (exact) mass is 604 g/mol. The second kappa shape index (κ2) is 25.3. The van der Waals surface area contributed by atoms with E-state index in [-0.39, 0.29) is 17.9 Å². The van der Waals surface area contributed by atoms with E-state index in [4.69, 9.17) is 4.79 Å². The molecule has 1 saturated heterocycles. The van der Waals surface area contributed by atoms with Crippen molar-refractivity contribution in [3.8, 4) is 0 Å². The van der Waals surface area contributed by atoms with E-state index >= 15 is 0 Å². The number of rotatable bonds is 13. The van der Waals surface area contributed by atoms with Gasteiger partial charge in [-0.25, -0.2) is 8.78 Å². The lowest BCUT2D eigenvalue weighted by atomic mass is 10.0. The molecule has 0 spiro atoms. The molecule has 1 aliphatic rings. The number of hydrogen-bond acceptors (Lipinski definition) is 5. The van der Waals surface area contributed by atoms with Crippen molar-refractivity contribution >= 4 is 18.1 Å². The van der Waals surface area contributed by atoms with Crippen LogP contribution in [-0.4, -0.2) is 68.3 Å². The van der Waals surface area contributed by atoms with E-state index in [2.05, 4.69) is 48.9 Å². The summed E-state index contributed by atoms with van der Waals surface area (Å²) < 4.78 is 24.4. The van der Waals surface area contributed by atoms with Crippen molar-refractivity contribution in [2.45, 2.75) is 91.6 Å². The zero-order valence-corrected chi connectivity index (χ0v) is 27.1. The lowest BCUT2D eigenvalue weighted by molar-refractivity contribution is -0.138. The van der Waals surface area contributed by atoms with E-state index in [1.165, 1.54) is 37.5 Å².